The van der Waals surface area contributed by atoms with Crippen LogP contribution >= 0.6 is 23.2 Å². The first-order chi connectivity index (χ1) is 9.08. The highest BCUT2D eigenvalue weighted by Crippen LogP contribution is 2.36. The highest BCUT2D eigenvalue weighted by molar-refractivity contribution is 6.42. The highest BCUT2D eigenvalue weighted by Gasteiger charge is 2.34. The molecule has 19 heavy (non-hydrogen) atoms. The van der Waals surface area contributed by atoms with Crippen molar-refractivity contribution in [2.75, 3.05) is 6.54 Å². The molecule has 0 radical (unpaired) electrons. The first kappa shape index (κ1) is 15.1. The van der Waals surface area contributed by atoms with Crippen molar-refractivity contribution in [2.45, 2.75) is 51.2 Å². The van der Waals surface area contributed by atoms with Crippen LogP contribution in [0.5, 0.6) is 0 Å². The van der Waals surface area contributed by atoms with Crippen LogP contribution in [0, 0.1) is 0 Å². The maximum atomic E-state index is 6.14. The molecule has 1 fully saturated rings. The van der Waals surface area contributed by atoms with Crippen molar-refractivity contribution in [3.05, 3.63) is 33.8 Å². The topological polar surface area (TPSA) is 29.3 Å². The molecule has 2 rings (SSSR count). The van der Waals surface area contributed by atoms with Crippen LogP contribution in [0.25, 0.3) is 0 Å². The van der Waals surface area contributed by atoms with E-state index in [2.05, 4.69) is 18.7 Å². The molecular weight excluding hydrogens is 279 g/mol. The summed E-state index contributed by atoms with van der Waals surface area (Å²) in [6.45, 7) is 5.15. The highest BCUT2D eigenvalue weighted by atomic mass is 35.5. The predicted molar refractivity (Wildman–Crippen MR) is 82.9 cm³/mol. The minimum atomic E-state index is 0.234. The van der Waals surface area contributed by atoms with Crippen molar-refractivity contribution in [1.82, 2.24) is 4.90 Å². The average Bonchev–Trinajstić information content (AvgIpc) is 2.76. The first-order valence-corrected chi connectivity index (χ1v) is 7.76. The van der Waals surface area contributed by atoms with Gasteiger partial charge in [-0.05, 0) is 43.9 Å². The summed E-state index contributed by atoms with van der Waals surface area (Å²) in [4.78, 5) is 2.56. The number of hydrogen-bond donors (Lipinski definition) is 1. The zero-order chi connectivity index (χ0) is 14.0. The van der Waals surface area contributed by atoms with Crippen LogP contribution in [0.3, 0.4) is 0 Å². The fourth-order valence-electron chi connectivity index (χ4n) is 3.22. The van der Waals surface area contributed by atoms with Crippen LogP contribution in [-0.4, -0.2) is 23.5 Å². The van der Waals surface area contributed by atoms with Gasteiger partial charge in [-0.1, -0.05) is 36.2 Å². The van der Waals surface area contributed by atoms with Crippen molar-refractivity contribution in [2.24, 2.45) is 5.73 Å². The van der Waals surface area contributed by atoms with Crippen molar-refractivity contribution in [1.29, 1.82) is 0 Å². The Morgan fingerprint density at radius 3 is 2.63 bits per heavy atom. The summed E-state index contributed by atoms with van der Waals surface area (Å²) >= 11 is 12.1. The van der Waals surface area contributed by atoms with E-state index >= 15 is 0 Å². The van der Waals surface area contributed by atoms with Crippen LogP contribution in [0.15, 0.2) is 18.2 Å². The summed E-state index contributed by atoms with van der Waals surface area (Å²) < 4.78 is 0. The number of hydrogen-bond acceptors (Lipinski definition) is 2. The smallest absolute Gasteiger partial charge is 0.0595 e. The zero-order valence-corrected chi connectivity index (χ0v) is 13.1. The van der Waals surface area contributed by atoms with Gasteiger partial charge in [-0.25, -0.2) is 0 Å². The van der Waals surface area contributed by atoms with E-state index in [-0.39, 0.29) is 6.04 Å². The summed E-state index contributed by atoms with van der Waals surface area (Å²) in [6.07, 6.45) is 3.67. The maximum absolute atomic E-state index is 6.14. The Morgan fingerprint density at radius 1 is 1.32 bits per heavy atom. The van der Waals surface area contributed by atoms with Gasteiger partial charge in [0, 0.05) is 24.7 Å². The lowest BCUT2D eigenvalue weighted by atomic mass is 10.0. The molecule has 0 saturated carbocycles. The summed E-state index contributed by atoms with van der Waals surface area (Å²) in [5, 5.41) is 1.21. The lowest BCUT2D eigenvalue weighted by molar-refractivity contribution is 0.137. The third-order valence-electron chi connectivity index (χ3n) is 4.23. The average molecular weight is 301 g/mol. The van der Waals surface area contributed by atoms with E-state index in [0.717, 1.165) is 0 Å². The maximum Gasteiger partial charge on any atom is 0.0595 e. The van der Waals surface area contributed by atoms with Gasteiger partial charge in [0.25, 0.3) is 0 Å². The van der Waals surface area contributed by atoms with Crippen molar-refractivity contribution in [3.63, 3.8) is 0 Å². The number of rotatable bonds is 4. The molecule has 3 unspecified atom stereocenters. The number of likely N-dealkylation sites (tertiary alicyclic amines) is 1. The van der Waals surface area contributed by atoms with Gasteiger partial charge in [-0.2, -0.15) is 0 Å². The van der Waals surface area contributed by atoms with Crippen LogP contribution in [0.2, 0.25) is 10.0 Å². The molecular formula is C15H22Cl2N2. The Morgan fingerprint density at radius 2 is 2.05 bits per heavy atom. The molecule has 0 spiro atoms. The van der Waals surface area contributed by atoms with E-state index in [9.17, 15) is 0 Å². The summed E-state index contributed by atoms with van der Waals surface area (Å²) in [6, 6.07) is 7.30. The van der Waals surface area contributed by atoms with Gasteiger partial charge < -0.3 is 5.73 Å². The van der Waals surface area contributed by atoms with Crippen LogP contribution in [0.1, 0.15) is 44.7 Å². The van der Waals surface area contributed by atoms with Gasteiger partial charge in [0.15, 0.2) is 0 Å². The lowest BCUT2D eigenvalue weighted by Gasteiger charge is -2.36. The van der Waals surface area contributed by atoms with Crippen molar-refractivity contribution < 1.29 is 0 Å². The number of halogens is 2. The fraction of sp³-hybridized carbons (Fsp3) is 0.600. The van der Waals surface area contributed by atoms with Gasteiger partial charge in [0.2, 0.25) is 0 Å². The van der Waals surface area contributed by atoms with E-state index in [1.165, 1.54) is 24.8 Å². The van der Waals surface area contributed by atoms with Gasteiger partial charge in [0.05, 0.1) is 10.0 Å². The van der Waals surface area contributed by atoms with E-state index in [4.69, 9.17) is 28.9 Å². The molecule has 2 nitrogen and oxygen atoms in total. The first-order valence-electron chi connectivity index (χ1n) is 7.00. The summed E-state index contributed by atoms with van der Waals surface area (Å²) in [5.74, 6) is 0. The molecule has 1 heterocycles. The molecule has 1 aliphatic heterocycles. The van der Waals surface area contributed by atoms with Crippen LogP contribution in [0.4, 0.5) is 0 Å². The molecule has 0 bridgehead atoms. The lowest BCUT2D eigenvalue weighted by Crippen LogP contribution is -2.41. The van der Waals surface area contributed by atoms with E-state index in [1.807, 2.05) is 18.2 Å². The Kier molecular flexibility index (Phi) is 5.13. The van der Waals surface area contributed by atoms with Crippen molar-refractivity contribution >= 4 is 23.2 Å². The number of benzene rings is 1. The minimum absolute atomic E-state index is 0.234. The second kappa shape index (κ2) is 6.45. The molecule has 0 aromatic heterocycles. The fourth-order valence-corrected chi connectivity index (χ4v) is 3.52. The molecule has 1 aliphatic rings. The summed E-state index contributed by atoms with van der Waals surface area (Å²) in [7, 11) is 0. The van der Waals surface area contributed by atoms with E-state index in [1.54, 1.807) is 0 Å². The molecule has 1 aromatic rings. The molecule has 0 amide bonds. The zero-order valence-electron chi connectivity index (χ0n) is 11.6. The molecule has 1 aromatic carbocycles. The van der Waals surface area contributed by atoms with E-state index in [0.29, 0.717) is 28.7 Å². The van der Waals surface area contributed by atoms with E-state index < -0.39 is 0 Å². The normalized spacial score (nSPS) is 25.7. The third kappa shape index (κ3) is 3.08. The Bertz CT molecular complexity index is 436. The number of nitrogens with two attached hydrogens (primary N) is 1. The van der Waals surface area contributed by atoms with Gasteiger partial charge in [0.1, 0.15) is 0 Å². The van der Waals surface area contributed by atoms with Gasteiger partial charge in [-0.3, -0.25) is 4.90 Å². The molecule has 2 N–H and O–H groups in total. The SMILES string of the molecule is CCC1CCC(C)N1C(CN)c1ccc(Cl)c(Cl)c1. The molecule has 3 atom stereocenters. The molecule has 1 saturated heterocycles. The largest absolute Gasteiger partial charge is 0.329 e. The predicted octanol–water partition coefficient (Wildman–Crippen LogP) is 4.26. The quantitative estimate of drug-likeness (QED) is 0.900. The van der Waals surface area contributed by atoms with Crippen molar-refractivity contribution in [3.8, 4) is 0 Å². The third-order valence-corrected chi connectivity index (χ3v) is 4.97. The van der Waals surface area contributed by atoms with Crippen LogP contribution in [-0.2, 0) is 0 Å². The molecule has 0 aliphatic carbocycles. The second-order valence-corrected chi connectivity index (χ2v) is 6.18. The minimum Gasteiger partial charge on any atom is -0.329 e. The Labute approximate surface area is 125 Å². The summed E-state index contributed by atoms with van der Waals surface area (Å²) in [5.41, 5.74) is 7.20. The molecule has 4 heteroatoms. The molecule has 106 valence electrons. The van der Waals surface area contributed by atoms with Gasteiger partial charge in [-0.15, -0.1) is 0 Å². The number of nitrogens with zero attached hydrogens (tertiary/aromatic N) is 1. The van der Waals surface area contributed by atoms with Crippen LogP contribution < -0.4 is 5.73 Å². The Hall–Kier alpha value is -0.280. The Balaban J connectivity index is 2.30. The standard InChI is InChI=1S/C15H22Cl2N2/c1-3-12-6-4-10(2)19(12)15(9-18)11-5-7-13(16)14(17)8-11/h5,7-8,10,12,15H,3-4,6,9,18H2,1-2H3. The monoisotopic (exact) mass is 300 g/mol. The second-order valence-electron chi connectivity index (χ2n) is 5.36. The van der Waals surface area contributed by atoms with Gasteiger partial charge >= 0.3 is 0 Å².